The zero-order chi connectivity index (χ0) is 35.3. The van der Waals surface area contributed by atoms with Gasteiger partial charge in [-0.25, -0.2) is 13.4 Å². The summed E-state index contributed by atoms with van der Waals surface area (Å²) < 4.78 is 39.5. The molecule has 0 N–H and O–H groups in total. The minimum Gasteiger partial charge on any atom is -0.443 e. The monoisotopic (exact) mass is 712 g/mol. The van der Waals surface area contributed by atoms with Crippen LogP contribution in [-0.2, 0) is 4.79 Å². The summed E-state index contributed by atoms with van der Waals surface area (Å²) in [6, 6.07) is 11.3. The molecule has 2 unspecified atom stereocenters. The lowest BCUT2D eigenvalue weighted by Gasteiger charge is -2.30. The number of alkyl halides is 1. The molecule has 4 aliphatic heterocycles. The van der Waals surface area contributed by atoms with E-state index in [4.69, 9.17) is 21.3 Å². The van der Waals surface area contributed by atoms with Crippen LogP contribution in [0.1, 0.15) is 38.5 Å². The maximum atomic E-state index is 16.8. The van der Waals surface area contributed by atoms with E-state index in [-0.39, 0.29) is 41.7 Å². The van der Waals surface area contributed by atoms with Crippen molar-refractivity contribution in [2.45, 2.75) is 56.3 Å². The second-order valence-corrected chi connectivity index (χ2v) is 14.9. The number of ether oxygens (including phenoxy) is 1. The molecule has 9 nitrogen and oxygen atoms in total. The van der Waals surface area contributed by atoms with E-state index >= 15 is 4.39 Å². The highest BCUT2D eigenvalue weighted by Crippen LogP contribution is 2.41. The molecule has 4 aromatic rings. The molecule has 0 saturated carbocycles. The van der Waals surface area contributed by atoms with Gasteiger partial charge in [0.1, 0.15) is 29.4 Å². The molecule has 2 aromatic heterocycles. The van der Waals surface area contributed by atoms with E-state index in [1.807, 2.05) is 49.2 Å². The number of hydrogen-bond acceptors (Lipinski definition) is 7. The van der Waals surface area contributed by atoms with E-state index in [1.165, 1.54) is 0 Å². The van der Waals surface area contributed by atoms with Crippen LogP contribution in [0.25, 0.3) is 32.9 Å². The first-order valence-corrected chi connectivity index (χ1v) is 18.2. The van der Waals surface area contributed by atoms with E-state index in [0.717, 1.165) is 50.6 Å². The first kappa shape index (κ1) is 33.9. The van der Waals surface area contributed by atoms with Crippen molar-refractivity contribution in [3.8, 4) is 29.1 Å². The number of halogens is 3. The molecule has 4 fully saturated rings. The number of carbonyl (C=O) groups excluding carboxylic acids is 1. The molecule has 0 bridgehead atoms. The zero-order valence-corrected chi connectivity index (χ0v) is 29.7. The molecular formula is C39H41ClF2N7O2+. The molecule has 12 heteroatoms. The van der Waals surface area contributed by atoms with Crippen molar-refractivity contribution in [3.05, 3.63) is 53.4 Å². The number of nitrogens with zero attached hydrogens (tertiary/aromatic N) is 7. The number of amides is 1. The first-order chi connectivity index (χ1) is 24.7. The Bertz CT molecular complexity index is 2110. The van der Waals surface area contributed by atoms with Crippen LogP contribution in [0.2, 0.25) is 5.02 Å². The molecule has 0 aliphatic carbocycles. The summed E-state index contributed by atoms with van der Waals surface area (Å²) in [5.41, 5.74) is 0.317. The van der Waals surface area contributed by atoms with Crippen molar-refractivity contribution in [1.82, 2.24) is 29.7 Å². The number of aromatic nitrogens is 3. The fourth-order valence-electron chi connectivity index (χ4n) is 8.48. The smallest absolute Gasteiger partial charge is 0.434 e. The van der Waals surface area contributed by atoms with Crippen LogP contribution in [0.3, 0.4) is 0 Å². The van der Waals surface area contributed by atoms with E-state index < -0.39 is 17.5 Å². The van der Waals surface area contributed by atoms with Gasteiger partial charge in [0.2, 0.25) is 0 Å². The summed E-state index contributed by atoms with van der Waals surface area (Å²) in [6.45, 7) is 3.55. The van der Waals surface area contributed by atoms with Crippen molar-refractivity contribution in [1.29, 1.82) is 0 Å². The summed E-state index contributed by atoms with van der Waals surface area (Å²) in [5.74, 6) is 5.71. The zero-order valence-electron chi connectivity index (χ0n) is 28.9. The predicted molar refractivity (Wildman–Crippen MR) is 194 cm³/mol. The molecule has 6 heterocycles. The summed E-state index contributed by atoms with van der Waals surface area (Å²) >= 11 is 6.62. The van der Waals surface area contributed by atoms with Gasteiger partial charge >= 0.3 is 11.8 Å². The quantitative estimate of drug-likeness (QED) is 0.140. The number of likely N-dealkylation sites (tertiary alicyclic amines) is 2. The Morgan fingerprint density at radius 2 is 1.98 bits per heavy atom. The average molecular weight is 713 g/mol. The number of rotatable bonds is 6. The Morgan fingerprint density at radius 3 is 2.80 bits per heavy atom. The van der Waals surface area contributed by atoms with Crippen LogP contribution in [0.4, 0.5) is 14.6 Å². The number of pyridine rings is 1. The van der Waals surface area contributed by atoms with Crippen LogP contribution in [0.5, 0.6) is 6.01 Å². The maximum absolute atomic E-state index is 16.8. The molecule has 1 amide bonds. The predicted octanol–water partition coefficient (Wildman–Crippen LogP) is 5.88. The number of fused-ring (bicyclic) bond motifs is 3. The van der Waals surface area contributed by atoms with Crippen LogP contribution in [-0.4, -0.2) is 118 Å². The van der Waals surface area contributed by atoms with Gasteiger partial charge in [-0.2, -0.15) is 4.98 Å². The van der Waals surface area contributed by atoms with Crippen LogP contribution < -0.4 is 4.74 Å². The average Bonchev–Trinajstić information content (AvgIpc) is 3.91. The summed E-state index contributed by atoms with van der Waals surface area (Å²) in [7, 11) is 3.89. The minimum atomic E-state index is -0.908. The summed E-state index contributed by atoms with van der Waals surface area (Å²) in [4.78, 5) is 33.1. The third kappa shape index (κ3) is 6.43. The Balaban J connectivity index is 1.14. The van der Waals surface area contributed by atoms with E-state index in [2.05, 4.69) is 31.6 Å². The van der Waals surface area contributed by atoms with Crippen molar-refractivity contribution in [3.63, 3.8) is 0 Å². The molecule has 264 valence electrons. The molecule has 2 aromatic carbocycles. The van der Waals surface area contributed by atoms with Crippen LogP contribution >= 0.6 is 11.6 Å². The molecule has 51 heavy (non-hydrogen) atoms. The van der Waals surface area contributed by atoms with Crippen LogP contribution in [0, 0.1) is 23.6 Å². The second-order valence-electron chi connectivity index (χ2n) is 14.5. The Morgan fingerprint density at radius 1 is 1.14 bits per heavy atom. The molecule has 4 atom stereocenters. The summed E-state index contributed by atoms with van der Waals surface area (Å²) in [6.07, 6.45) is 7.72. The minimum absolute atomic E-state index is 0.0173. The molecule has 0 radical (unpaired) electrons. The highest BCUT2D eigenvalue weighted by molar-refractivity contribution is 6.36. The number of benzene rings is 2. The largest absolute Gasteiger partial charge is 0.443 e. The normalized spacial score (nSPS) is 25.5. The number of carbonyl (C=O) groups is 1. The van der Waals surface area contributed by atoms with Gasteiger partial charge in [-0.3, -0.25) is 19.6 Å². The maximum Gasteiger partial charge on any atom is 0.434 e. The Labute approximate surface area is 301 Å². The fraction of sp³-hybridized carbons (Fsp3) is 0.462. The SMILES string of the molecule is CN1CCCC1C#CC(=O)N1CCC(C=[N+](C)c2nc(OC[C@@]34CCCN3C[C@H](F)C4)nc3c(F)c(-c4cccc5cccc(Cl)c45)ncc23)C1. The van der Waals surface area contributed by atoms with Crippen molar-refractivity contribution < 1.29 is 22.9 Å². The Hall–Kier alpha value is -4.24. The van der Waals surface area contributed by atoms with Gasteiger partial charge in [-0.1, -0.05) is 47.9 Å². The van der Waals surface area contributed by atoms with Crippen molar-refractivity contribution >= 4 is 51.2 Å². The van der Waals surface area contributed by atoms with E-state index in [0.29, 0.717) is 53.2 Å². The van der Waals surface area contributed by atoms with Crippen molar-refractivity contribution in [2.24, 2.45) is 5.92 Å². The first-order valence-electron chi connectivity index (χ1n) is 17.8. The van der Waals surface area contributed by atoms with Gasteiger partial charge in [0.05, 0.1) is 24.8 Å². The summed E-state index contributed by atoms with van der Waals surface area (Å²) in [5, 5.41) is 2.48. The molecule has 4 saturated heterocycles. The highest BCUT2D eigenvalue weighted by Gasteiger charge is 2.49. The Kier molecular flexibility index (Phi) is 9.11. The van der Waals surface area contributed by atoms with Crippen molar-refractivity contribution in [2.75, 3.05) is 53.4 Å². The standard InChI is InChI=1S/C39H41ClF2N7O2/c1-46-16-5-9-28(46)12-13-32(50)48-18-14-25(22-48)21-47(2)37-30-20-43-35(29-10-3-7-26-8-4-11-31(40)33(26)29)34(42)36(30)44-38(45-37)51-24-39-15-6-17-49(39)23-27(41)19-39/h3-4,7-8,10-11,20-21,25,27-28H,5-6,9,14-19,22-24H2,1-2H3/q+1/t25?,27-,28?,39+/m1/s1. The highest BCUT2D eigenvalue weighted by atomic mass is 35.5. The number of hydrogen-bond donors (Lipinski definition) is 0. The fourth-order valence-corrected chi connectivity index (χ4v) is 8.76. The molecule has 8 rings (SSSR count). The van der Waals surface area contributed by atoms with Gasteiger partial charge in [-0.05, 0) is 69.6 Å². The van der Waals surface area contributed by atoms with E-state index in [9.17, 15) is 9.18 Å². The van der Waals surface area contributed by atoms with E-state index in [1.54, 1.807) is 23.2 Å². The topological polar surface area (TPSA) is 77.7 Å². The van der Waals surface area contributed by atoms with Gasteiger partial charge in [0.25, 0.3) is 5.91 Å². The lowest BCUT2D eigenvalue weighted by Crippen LogP contribution is -2.43. The lowest BCUT2D eigenvalue weighted by atomic mass is 9.95. The molecular weight excluding hydrogens is 672 g/mol. The van der Waals surface area contributed by atoms with Crippen LogP contribution in [0.15, 0.2) is 42.6 Å². The van der Waals surface area contributed by atoms with Gasteiger partial charge < -0.3 is 9.64 Å². The lowest BCUT2D eigenvalue weighted by molar-refractivity contribution is -0.405. The molecule has 4 aliphatic rings. The van der Waals surface area contributed by atoms with Gasteiger partial charge in [-0.15, -0.1) is 0 Å². The third-order valence-electron chi connectivity index (χ3n) is 11.1. The second kappa shape index (κ2) is 13.7. The van der Waals surface area contributed by atoms with Gasteiger partial charge in [0.15, 0.2) is 5.82 Å². The third-order valence-corrected chi connectivity index (χ3v) is 11.4. The van der Waals surface area contributed by atoms with Gasteiger partial charge in [0, 0.05) is 59.1 Å². The molecule has 0 spiro atoms.